The normalized spacial score (nSPS) is 12.7. The third kappa shape index (κ3) is 4.87. The molecule has 0 aliphatic heterocycles. The topological polar surface area (TPSA) is 70.6 Å². The molecule has 0 fully saturated rings. The third-order valence-electron chi connectivity index (χ3n) is 3.25. The molecule has 19 heavy (non-hydrogen) atoms. The Morgan fingerprint density at radius 3 is 2.68 bits per heavy atom. The highest BCUT2D eigenvalue weighted by atomic mass is 19.1. The van der Waals surface area contributed by atoms with Crippen molar-refractivity contribution in [3.05, 3.63) is 35.1 Å². The van der Waals surface area contributed by atoms with Crippen molar-refractivity contribution in [3.8, 4) is 0 Å². The predicted molar refractivity (Wildman–Crippen MR) is 74.7 cm³/mol. The Hall–Kier alpha value is -1.62. The highest BCUT2D eigenvalue weighted by Gasteiger charge is 2.14. The van der Waals surface area contributed by atoms with Crippen LogP contribution in [0.25, 0.3) is 0 Å². The number of halogens is 1. The van der Waals surface area contributed by atoms with E-state index in [-0.39, 0.29) is 11.3 Å². The Balaban J connectivity index is 2.72. The van der Waals surface area contributed by atoms with Crippen LogP contribution in [0.15, 0.2) is 23.4 Å². The number of nitrogens with one attached hydrogen (secondary N) is 1. The van der Waals surface area contributed by atoms with Crippen LogP contribution in [-0.2, 0) is 6.54 Å². The van der Waals surface area contributed by atoms with Crippen LogP contribution in [0, 0.1) is 11.2 Å². The first kappa shape index (κ1) is 15.4. The van der Waals surface area contributed by atoms with Crippen molar-refractivity contribution >= 4 is 5.84 Å². The minimum atomic E-state index is -0.393. The van der Waals surface area contributed by atoms with Gasteiger partial charge in [0, 0.05) is 18.7 Å². The Morgan fingerprint density at radius 1 is 1.42 bits per heavy atom. The first-order chi connectivity index (χ1) is 8.88. The van der Waals surface area contributed by atoms with Crippen LogP contribution < -0.4 is 11.1 Å². The van der Waals surface area contributed by atoms with E-state index in [1.54, 1.807) is 6.07 Å². The molecular formula is C14H22FN3O. The van der Waals surface area contributed by atoms with Gasteiger partial charge in [-0.25, -0.2) is 4.39 Å². The quantitative estimate of drug-likeness (QED) is 0.321. The van der Waals surface area contributed by atoms with Gasteiger partial charge >= 0.3 is 0 Å². The van der Waals surface area contributed by atoms with Gasteiger partial charge in [0.25, 0.3) is 0 Å². The van der Waals surface area contributed by atoms with Gasteiger partial charge in [0.05, 0.1) is 0 Å². The van der Waals surface area contributed by atoms with E-state index < -0.39 is 5.82 Å². The lowest BCUT2D eigenvalue weighted by molar-refractivity contribution is 0.318. The van der Waals surface area contributed by atoms with Gasteiger partial charge in [-0.05, 0) is 35.6 Å². The van der Waals surface area contributed by atoms with Crippen LogP contribution in [0.5, 0.6) is 0 Å². The molecule has 4 nitrogen and oxygen atoms in total. The molecule has 0 aliphatic rings. The summed E-state index contributed by atoms with van der Waals surface area (Å²) in [7, 11) is 0. The zero-order chi connectivity index (χ0) is 14.5. The van der Waals surface area contributed by atoms with E-state index >= 15 is 0 Å². The van der Waals surface area contributed by atoms with Gasteiger partial charge in [-0.1, -0.05) is 25.9 Å². The zero-order valence-corrected chi connectivity index (χ0v) is 11.7. The molecule has 1 aromatic rings. The molecule has 0 spiro atoms. The molecule has 0 aliphatic carbocycles. The van der Waals surface area contributed by atoms with Crippen LogP contribution in [0.4, 0.5) is 4.39 Å². The molecular weight excluding hydrogens is 245 g/mol. The summed E-state index contributed by atoms with van der Waals surface area (Å²) in [6.45, 7) is 7.88. The second-order valence-corrected chi connectivity index (χ2v) is 5.45. The first-order valence-electron chi connectivity index (χ1n) is 6.36. The number of nitrogens with zero attached hydrogens (tertiary/aromatic N) is 1. The molecule has 0 unspecified atom stereocenters. The molecule has 0 aromatic heterocycles. The fraction of sp³-hybridized carbons (Fsp3) is 0.500. The maximum Gasteiger partial charge on any atom is 0.170 e. The maximum atomic E-state index is 13.4. The number of oxime groups is 1. The second kappa shape index (κ2) is 6.52. The van der Waals surface area contributed by atoms with Crippen LogP contribution in [-0.4, -0.2) is 17.6 Å². The molecule has 0 radical (unpaired) electrons. The number of nitrogens with two attached hydrogens (primary N) is 1. The Labute approximate surface area is 113 Å². The summed E-state index contributed by atoms with van der Waals surface area (Å²) in [5.41, 5.74) is 6.83. The molecule has 0 atom stereocenters. The van der Waals surface area contributed by atoms with Gasteiger partial charge in [0.15, 0.2) is 5.84 Å². The molecule has 1 rings (SSSR count). The number of hydrogen-bond donors (Lipinski definition) is 3. The number of amidine groups is 1. The second-order valence-electron chi connectivity index (χ2n) is 5.45. The van der Waals surface area contributed by atoms with Crippen molar-refractivity contribution in [1.82, 2.24) is 5.32 Å². The fourth-order valence-corrected chi connectivity index (χ4v) is 1.63. The standard InChI is InChI=1S/C14H22FN3O/c1-4-14(2,3)9-17-8-10-5-11(13(16)18-19)7-12(15)6-10/h5-7,17,19H,4,8-9H2,1-3H3,(H2,16,18). The summed E-state index contributed by atoms with van der Waals surface area (Å²) in [5, 5.41) is 14.8. The summed E-state index contributed by atoms with van der Waals surface area (Å²) < 4.78 is 13.4. The lowest BCUT2D eigenvalue weighted by Crippen LogP contribution is -2.28. The summed E-state index contributed by atoms with van der Waals surface area (Å²) >= 11 is 0. The van der Waals surface area contributed by atoms with Gasteiger partial charge < -0.3 is 16.3 Å². The van der Waals surface area contributed by atoms with Crippen molar-refractivity contribution in [3.63, 3.8) is 0 Å². The summed E-state index contributed by atoms with van der Waals surface area (Å²) in [6.07, 6.45) is 1.07. The molecule has 0 heterocycles. The zero-order valence-electron chi connectivity index (χ0n) is 11.7. The van der Waals surface area contributed by atoms with Crippen LogP contribution in [0.2, 0.25) is 0 Å². The Kier molecular flexibility index (Phi) is 5.30. The molecule has 1 aromatic carbocycles. The average Bonchev–Trinajstić information content (AvgIpc) is 2.37. The van der Waals surface area contributed by atoms with Gasteiger partial charge in [0.1, 0.15) is 5.82 Å². The van der Waals surface area contributed by atoms with E-state index in [1.165, 1.54) is 12.1 Å². The van der Waals surface area contributed by atoms with Crippen molar-refractivity contribution in [2.24, 2.45) is 16.3 Å². The minimum absolute atomic E-state index is 0.0883. The highest BCUT2D eigenvalue weighted by molar-refractivity contribution is 5.97. The van der Waals surface area contributed by atoms with Gasteiger partial charge in [0.2, 0.25) is 0 Å². The van der Waals surface area contributed by atoms with E-state index in [0.29, 0.717) is 12.1 Å². The number of hydrogen-bond acceptors (Lipinski definition) is 3. The molecule has 0 saturated heterocycles. The number of rotatable bonds is 6. The first-order valence-corrected chi connectivity index (χ1v) is 6.36. The summed E-state index contributed by atoms with van der Waals surface area (Å²) in [6, 6.07) is 4.40. The largest absolute Gasteiger partial charge is 0.409 e. The average molecular weight is 267 g/mol. The van der Waals surface area contributed by atoms with Crippen molar-refractivity contribution in [2.45, 2.75) is 33.7 Å². The van der Waals surface area contributed by atoms with E-state index in [1.807, 2.05) is 0 Å². The predicted octanol–water partition coefficient (Wildman–Crippen LogP) is 2.45. The van der Waals surface area contributed by atoms with E-state index in [2.05, 4.69) is 31.2 Å². The highest BCUT2D eigenvalue weighted by Crippen LogP contribution is 2.18. The maximum absolute atomic E-state index is 13.4. The molecule has 0 amide bonds. The van der Waals surface area contributed by atoms with Crippen molar-refractivity contribution in [2.75, 3.05) is 6.54 Å². The van der Waals surface area contributed by atoms with E-state index in [9.17, 15) is 4.39 Å². The van der Waals surface area contributed by atoms with Gasteiger partial charge in [-0.2, -0.15) is 0 Å². The molecule has 0 saturated carbocycles. The van der Waals surface area contributed by atoms with Gasteiger partial charge in [-0.3, -0.25) is 0 Å². The van der Waals surface area contributed by atoms with Gasteiger partial charge in [-0.15, -0.1) is 0 Å². The smallest absolute Gasteiger partial charge is 0.170 e. The van der Waals surface area contributed by atoms with Crippen LogP contribution >= 0.6 is 0 Å². The fourth-order valence-electron chi connectivity index (χ4n) is 1.63. The van der Waals surface area contributed by atoms with E-state index in [0.717, 1.165) is 18.5 Å². The molecule has 106 valence electrons. The SMILES string of the molecule is CCC(C)(C)CNCc1cc(F)cc(/C(N)=N/O)c1. The van der Waals surface area contributed by atoms with Crippen LogP contribution in [0.3, 0.4) is 0 Å². The van der Waals surface area contributed by atoms with Crippen molar-refractivity contribution < 1.29 is 9.60 Å². The molecule has 5 heteroatoms. The molecule has 4 N–H and O–H groups in total. The van der Waals surface area contributed by atoms with E-state index in [4.69, 9.17) is 10.9 Å². The number of benzene rings is 1. The van der Waals surface area contributed by atoms with Crippen molar-refractivity contribution in [1.29, 1.82) is 0 Å². The Bertz CT molecular complexity index is 458. The monoisotopic (exact) mass is 267 g/mol. The summed E-state index contributed by atoms with van der Waals surface area (Å²) in [5.74, 6) is -0.481. The molecule has 0 bridgehead atoms. The third-order valence-corrected chi connectivity index (χ3v) is 3.25. The lowest BCUT2D eigenvalue weighted by Gasteiger charge is -2.23. The Morgan fingerprint density at radius 2 is 2.11 bits per heavy atom. The minimum Gasteiger partial charge on any atom is -0.409 e. The lowest BCUT2D eigenvalue weighted by atomic mass is 9.90. The van der Waals surface area contributed by atoms with Crippen LogP contribution in [0.1, 0.15) is 38.3 Å². The summed E-state index contributed by atoms with van der Waals surface area (Å²) in [4.78, 5) is 0.